The molecule has 0 unspecified atom stereocenters. The number of hydrogen-bond donors (Lipinski definition) is 1. The van der Waals surface area contributed by atoms with Crippen LogP contribution in [0.2, 0.25) is 0 Å². The predicted molar refractivity (Wildman–Crippen MR) is 186 cm³/mol. The van der Waals surface area contributed by atoms with Crippen molar-refractivity contribution < 1.29 is 0 Å². The predicted octanol–water partition coefficient (Wildman–Crippen LogP) is 11.8. The van der Waals surface area contributed by atoms with E-state index in [1.54, 1.807) is 0 Å². The molecule has 0 saturated heterocycles. The minimum absolute atomic E-state index is 0.796. The van der Waals surface area contributed by atoms with Gasteiger partial charge in [-0.3, -0.25) is 0 Å². The highest BCUT2D eigenvalue weighted by molar-refractivity contribution is 7.27. The van der Waals surface area contributed by atoms with Crippen LogP contribution in [0.4, 0.5) is 22.7 Å². The first-order valence-corrected chi connectivity index (χ1v) is 15.8. The van der Waals surface area contributed by atoms with Gasteiger partial charge in [0.1, 0.15) is 0 Å². The van der Waals surface area contributed by atoms with Crippen molar-refractivity contribution in [2.45, 2.75) is 13.8 Å². The highest BCUT2D eigenvalue weighted by Gasteiger charge is 2.22. The first-order chi connectivity index (χ1) is 20.6. The fourth-order valence-electron chi connectivity index (χ4n) is 6.30. The molecule has 0 aliphatic heterocycles. The summed E-state index contributed by atoms with van der Waals surface area (Å²) >= 11 is 3.75. The Hall–Kier alpha value is -4.64. The van der Waals surface area contributed by atoms with Crippen LogP contribution in [0.3, 0.4) is 0 Å². The maximum Gasteiger partial charge on any atom is 0.0640 e. The smallest absolute Gasteiger partial charge is 0.0640 e. The van der Waals surface area contributed by atoms with Crippen molar-refractivity contribution in [2.75, 3.05) is 10.6 Å². The Morgan fingerprint density at radius 1 is 0.500 bits per heavy atom. The summed E-state index contributed by atoms with van der Waals surface area (Å²) in [6, 6.07) is 44.0. The lowest BCUT2D eigenvalue weighted by Gasteiger charge is -2.27. The van der Waals surface area contributed by atoms with Crippen molar-refractivity contribution in [2.24, 2.45) is 0 Å². The molecular formula is C38H28N2S2. The van der Waals surface area contributed by atoms with E-state index in [1.165, 1.54) is 74.0 Å². The van der Waals surface area contributed by atoms with E-state index in [2.05, 4.69) is 134 Å². The maximum atomic E-state index is 6.08. The Morgan fingerprint density at radius 2 is 1.00 bits per heavy atom. The normalized spacial score (nSPS) is 11.7. The summed E-state index contributed by atoms with van der Waals surface area (Å²) in [5.74, 6) is 0. The van der Waals surface area contributed by atoms with Gasteiger partial charge in [-0.15, -0.1) is 22.7 Å². The third kappa shape index (κ3) is 3.91. The lowest BCUT2D eigenvalue weighted by molar-refractivity contribution is 1.30. The summed E-state index contributed by atoms with van der Waals surface area (Å²) in [6.07, 6.45) is 0. The van der Waals surface area contributed by atoms with Crippen molar-refractivity contribution in [1.29, 1.82) is 0 Å². The Balaban J connectivity index is 1.41. The lowest BCUT2D eigenvalue weighted by Crippen LogP contribution is -2.10. The van der Waals surface area contributed by atoms with Crippen LogP contribution in [0.25, 0.3) is 51.5 Å². The molecule has 0 radical (unpaired) electrons. The van der Waals surface area contributed by atoms with Crippen molar-refractivity contribution in [3.05, 3.63) is 132 Å². The number of rotatable bonds is 4. The zero-order valence-corrected chi connectivity index (χ0v) is 25.0. The molecule has 8 rings (SSSR count). The average molecular weight is 577 g/mol. The number of nitrogen functional groups attached to an aromatic ring is 1. The second-order valence-corrected chi connectivity index (χ2v) is 13.0. The molecule has 2 heterocycles. The molecule has 0 spiro atoms. The van der Waals surface area contributed by atoms with Gasteiger partial charge in [-0.2, -0.15) is 0 Å². The summed E-state index contributed by atoms with van der Waals surface area (Å²) in [5, 5.41) is 5.22. The van der Waals surface area contributed by atoms with E-state index < -0.39 is 0 Å². The first-order valence-electron chi connectivity index (χ1n) is 14.1. The van der Waals surface area contributed by atoms with Crippen LogP contribution in [0.5, 0.6) is 0 Å². The van der Waals surface area contributed by atoms with Gasteiger partial charge < -0.3 is 10.6 Å². The molecule has 0 fully saturated rings. The highest BCUT2D eigenvalue weighted by Crippen LogP contribution is 2.49. The third-order valence-electron chi connectivity index (χ3n) is 8.26. The van der Waals surface area contributed by atoms with Crippen LogP contribution in [0.15, 0.2) is 121 Å². The Morgan fingerprint density at radius 3 is 1.55 bits per heavy atom. The number of nitrogens with two attached hydrogens (primary N) is 1. The molecule has 0 saturated carbocycles. The van der Waals surface area contributed by atoms with Crippen molar-refractivity contribution in [3.8, 4) is 11.1 Å². The number of hydrogen-bond acceptors (Lipinski definition) is 4. The second-order valence-electron chi connectivity index (χ2n) is 10.9. The number of nitrogens with zero attached hydrogens (tertiary/aromatic N) is 1. The molecule has 202 valence electrons. The van der Waals surface area contributed by atoms with Crippen molar-refractivity contribution in [1.82, 2.24) is 0 Å². The second kappa shape index (κ2) is 9.73. The van der Waals surface area contributed by atoms with Gasteiger partial charge in [-0.25, -0.2) is 0 Å². The van der Waals surface area contributed by atoms with E-state index in [4.69, 9.17) is 5.73 Å². The Bertz CT molecular complexity index is 2190. The van der Waals surface area contributed by atoms with Crippen LogP contribution in [-0.4, -0.2) is 0 Å². The summed E-state index contributed by atoms with van der Waals surface area (Å²) in [7, 11) is 0. The minimum Gasteiger partial charge on any atom is -0.399 e. The van der Waals surface area contributed by atoms with Gasteiger partial charge in [0.05, 0.1) is 20.8 Å². The van der Waals surface area contributed by atoms with Gasteiger partial charge in [-0.05, 0) is 84.6 Å². The summed E-state index contributed by atoms with van der Waals surface area (Å²) in [6.45, 7) is 4.35. The quantitative estimate of drug-likeness (QED) is 0.211. The van der Waals surface area contributed by atoms with Gasteiger partial charge in [0.15, 0.2) is 0 Å². The van der Waals surface area contributed by atoms with Crippen molar-refractivity contribution >= 4 is 85.8 Å². The maximum absolute atomic E-state index is 6.08. The number of anilines is 4. The number of benzene rings is 6. The topological polar surface area (TPSA) is 29.3 Å². The standard InChI is InChI=1S/C38H28N2S2/c1-23-21-25(39)17-19-27(23)28-20-18-26(22-24(28)2)40(33-13-7-11-31-29-9-3-5-15-35(29)41-37(31)33)34-14-8-12-32-30-10-4-6-16-36(30)42-38(32)34/h3-22H,39H2,1-2H3. The van der Waals surface area contributed by atoms with Crippen molar-refractivity contribution in [3.63, 3.8) is 0 Å². The Kier molecular flexibility index (Phi) is 5.81. The molecule has 0 aliphatic carbocycles. The molecule has 2 nitrogen and oxygen atoms in total. The molecule has 0 bridgehead atoms. The first kappa shape index (κ1) is 25.1. The molecular weight excluding hydrogens is 549 g/mol. The van der Waals surface area contributed by atoms with Gasteiger partial charge in [0.25, 0.3) is 0 Å². The SMILES string of the molecule is Cc1cc(N)ccc1-c1ccc(N(c2cccc3c2sc2ccccc23)c2cccc3c2sc2ccccc23)cc1C. The molecule has 0 amide bonds. The lowest BCUT2D eigenvalue weighted by atomic mass is 9.95. The molecule has 42 heavy (non-hydrogen) atoms. The summed E-state index contributed by atoms with van der Waals surface area (Å²) in [5.41, 5.74) is 15.3. The van der Waals surface area contributed by atoms with E-state index in [1.807, 2.05) is 28.7 Å². The minimum atomic E-state index is 0.796. The van der Waals surface area contributed by atoms with Crippen LogP contribution in [0, 0.1) is 13.8 Å². The zero-order valence-electron chi connectivity index (χ0n) is 23.4. The number of fused-ring (bicyclic) bond motifs is 6. The van der Waals surface area contributed by atoms with Crippen LogP contribution >= 0.6 is 22.7 Å². The van der Waals surface area contributed by atoms with E-state index in [0.29, 0.717) is 0 Å². The molecule has 4 heteroatoms. The summed E-state index contributed by atoms with van der Waals surface area (Å²) in [4.78, 5) is 2.47. The van der Waals surface area contributed by atoms with E-state index in [-0.39, 0.29) is 0 Å². The van der Waals surface area contributed by atoms with Crippen LogP contribution in [0.1, 0.15) is 11.1 Å². The fourth-order valence-corrected chi connectivity index (χ4v) is 8.72. The van der Waals surface area contributed by atoms with E-state index in [0.717, 1.165) is 11.4 Å². The molecule has 8 aromatic rings. The van der Waals surface area contributed by atoms with Gasteiger partial charge in [0, 0.05) is 42.3 Å². The number of thiophene rings is 2. The molecule has 0 aliphatic rings. The monoisotopic (exact) mass is 576 g/mol. The zero-order chi connectivity index (χ0) is 28.4. The largest absolute Gasteiger partial charge is 0.399 e. The van der Waals surface area contributed by atoms with E-state index in [9.17, 15) is 0 Å². The van der Waals surface area contributed by atoms with Crippen LogP contribution < -0.4 is 10.6 Å². The molecule has 2 aromatic heterocycles. The number of aryl methyl sites for hydroxylation is 2. The third-order valence-corrected chi connectivity index (χ3v) is 10.7. The van der Waals surface area contributed by atoms with Gasteiger partial charge >= 0.3 is 0 Å². The van der Waals surface area contributed by atoms with E-state index >= 15 is 0 Å². The highest BCUT2D eigenvalue weighted by atomic mass is 32.1. The van der Waals surface area contributed by atoms with Gasteiger partial charge in [-0.1, -0.05) is 72.8 Å². The molecule has 2 N–H and O–H groups in total. The average Bonchev–Trinajstić information content (AvgIpc) is 3.58. The van der Waals surface area contributed by atoms with Crippen LogP contribution in [-0.2, 0) is 0 Å². The fraction of sp³-hybridized carbons (Fsp3) is 0.0526. The van der Waals surface area contributed by atoms with Gasteiger partial charge in [0.2, 0.25) is 0 Å². The molecule has 6 aromatic carbocycles. The summed E-state index contributed by atoms with van der Waals surface area (Å²) < 4.78 is 5.22. The molecule has 0 atom stereocenters. The Labute approximate surface area is 252 Å².